The second-order valence-corrected chi connectivity index (χ2v) is 8.03. The molecule has 2 unspecified atom stereocenters. The monoisotopic (exact) mass is 393 g/mol. The summed E-state index contributed by atoms with van der Waals surface area (Å²) in [5.74, 6) is 1.86. The van der Waals surface area contributed by atoms with Crippen LogP contribution >= 0.6 is 0 Å². The van der Waals surface area contributed by atoms with Crippen molar-refractivity contribution in [1.29, 1.82) is 0 Å². The molecular weight excluding hydrogens is 370 g/mol. The van der Waals surface area contributed by atoms with Crippen molar-refractivity contribution in [3.8, 4) is 11.5 Å². The highest BCUT2D eigenvalue weighted by Gasteiger charge is 2.41. The number of fused-ring (bicyclic) bond motifs is 6. The van der Waals surface area contributed by atoms with E-state index in [1.54, 1.807) is 7.11 Å². The van der Waals surface area contributed by atoms with Gasteiger partial charge < -0.3 is 9.47 Å². The lowest BCUT2D eigenvalue weighted by molar-refractivity contribution is -0.0260. The minimum atomic E-state index is -0.0734. The summed E-state index contributed by atoms with van der Waals surface area (Å²) in [7, 11) is 1.71. The highest BCUT2D eigenvalue weighted by Crippen LogP contribution is 2.50. The third-order valence-corrected chi connectivity index (χ3v) is 6.47. The molecule has 3 heteroatoms. The fraction of sp³-hybridized carbons (Fsp3) is 0.185. The number of ether oxygens (including phenoxy) is 2. The lowest BCUT2D eigenvalue weighted by atomic mass is 9.87. The van der Waals surface area contributed by atoms with Crippen LogP contribution in [0.5, 0.6) is 11.5 Å². The van der Waals surface area contributed by atoms with Gasteiger partial charge in [-0.3, -0.25) is 4.90 Å². The Labute approximate surface area is 176 Å². The van der Waals surface area contributed by atoms with Crippen LogP contribution in [0.15, 0.2) is 84.9 Å². The fourth-order valence-corrected chi connectivity index (χ4v) is 5.03. The van der Waals surface area contributed by atoms with Crippen LogP contribution in [-0.4, -0.2) is 18.6 Å². The van der Waals surface area contributed by atoms with E-state index in [-0.39, 0.29) is 12.3 Å². The Morgan fingerprint density at radius 3 is 2.53 bits per heavy atom. The highest BCUT2D eigenvalue weighted by molar-refractivity contribution is 5.89. The third kappa shape index (κ3) is 2.62. The molecule has 2 aliphatic heterocycles. The molecule has 30 heavy (non-hydrogen) atoms. The molecule has 4 aromatic rings. The SMILES string of the molecule is COc1ccc(C2c3c(ccc4ccccc34)OC3c4ccccc4CCN32)cc1. The van der Waals surface area contributed by atoms with E-state index in [9.17, 15) is 0 Å². The van der Waals surface area contributed by atoms with E-state index in [0.29, 0.717) is 0 Å². The van der Waals surface area contributed by atoms with E-state index in [2.05, 4.69) is 89.8 Å². The number of hydrogen-bond donors (Lipinski definition) is 0. The second kappa shape index (κ2) is 6.89. The van der Waals surface area contributed by atoms with Gasteiger partial charge in [0.25, 0.3) is 0 Å². The van der Waals surface area contributed by atoms with Crippen molar-refractivity contribution >= 4 is 10.8 Å². The van der Waals surface area contributed by atoms with Crippen LogP contribution < -0.4 is 9.47 Å². The number of hydrogen-bond acceptors (Lipinski definition) is 3. The van der Waals surface area contributed by atoms with Gasteiger partial charge in [-0.25, -0.2) is 0 Å². The van der Waals surface area contributed by atoms with Gasteiger partial charge in [-0.05, 0) is 46.5 Å². The summed E-state index contributed by atoms with van der Waals surface area (Å²) in [6, 6.07) is 30.2. The lowest BCUT2D eigenvalue weighted by Crippen LogP contribution is -2.44. The van der Waals surface area contributed by atoms with Crippen molar-refractivity contribution < 1.29 is 9.47 Å². The Morgan fingerprint density at radius 1 is 0.867 bits per heavy atom. The van der Waals surface area contributed by atoms with E-state index < -0.39 is 0 Å². The van der Waals surface area contributed by atoms with Gasteiger partial charge in [0.15, 0.2) is 6.23 Å². The van der Waals surface area contributed by atoms with Crippen LogP contribution in [0.3, 0.4) is 0 Å². The van der Waals surface area contributed by atoms with Crippen molar-refractivity contribution in [2.75, 3.05) is 13.7 Å². The van der Waals surface area contributed by atoms with Crippen molar-refractivity contribution in [2.45, 2.75) is 18.7 Å². The molecule has 3 nitrogen and oxygen atoms in total. The molecule has 0 bridgehead atoms. The van der Waals surface area contributed by atoms with Crippen molar-refractivity contribution in [1.82, 2.24) is 4.90 Å². The number of methoxy groups -OCH3 is 1. The molecule has 0 N–H and O–H groups in total. The van der Waals surface area contributed by atoms with Gasteiger partial charge in [-0.2, -0.15) is 0 Å². The zero-order valence-corrected chi connectivity index (χ0v) is 16.9. The molecule has 2 aliphatic rings. The third-order valence-electron chi connectivity index (χ3n) is 6.47. The summed E-state index contributed by atoms with van der Waals surface area (Å²) in [4.78, 5) is 2.51. The summed E-state index contributed by atoms with van der Waals surface area (Å²) in [6.07, 6.45) is 0.957. The summed E-state index contributed by atoms with van der Waals surface area (Å²) < 4.78 is 12.1. The topological polar surface area (TPSA) is 21.7 Å². The molecular formula is C27H23NO2. The maximum atomic E-state index is 6.67. The molecule has 2 atom stereocenters. The molecule has 0 saturated heterocycles. The minimum absolute atomic E-state index is 0.0734. The van der Waals surface area contributed by atoms with Crippen LogP contribution in [0.1, 0.15) is 34.5 Å². The lowest BCUT2D eigenvalue weighted by Gasteiger charge is -2.46. The van der Waals surface area contributed by atoms with E-state index in [0.717, 1.165) is 24.5 Å². The van der Waals surface area contributed by atoms with Crippen LogP contribution in [0, 0.1) is 0 Å². The van der Waals surface area contributed by atoms with E-state index in [1.807, 2.05) is 0 Å². The molecule has 0 radical (unpaired) electrons. The van der Waals surface area contributed by atoms with E-state index >= 15 is 0 Å². The van der Waals surface area contributed by atoms with Gasteiger partial charge in [0.1, 0.15) is 11.5 Å². The first-order valence-electron chi connectivity index (χ1n) is 10.5. The van der Waals surface area contributed by atoms with E-state index in [4.69, 9.17) is 9.47 Å². The van der Waals surface area contributed by atoms with Gasteiger partial charge in [-0.1, -0.05) is 66.7 Å². The molecule has 4 aromatic carbocycles. The van der Waals surface area contributed by atoms with Gasteiger partial charge in [0.05, 0.1) is 13.2 Å². The average Bonchev–Trinajstić information content (AvgIpc) is 2.82. The van der Waals surface area contributed by atoms with Gasteiger partial charge in [0.2, 0.25) is 0 Å². The molecule has 0 amide bonds. The Balaban J connectivity index is 1.59. The number of rotatable bonds is 2. The summed E-state index contributed by atoms with van der Waals surface area (Å²) >= 11 is 0. The molecule has 0 aromatic heterocycles. The van der Waals surface area contributed by atoms with Crippen molar-refractivity contribution in [3.05, 3.63) is 107 Å². The maximum absolute atomic E-state index is 6.67. The van der Waals surface area contributed by atoms with Crippen molar-refractivity contribution in [3.63, 3.8) is 0 Å². The molecule has 6 rings (SSSR count). The molecule has 148 valence electrons. The first-order valence-corrected chi connectivity index (χ1v) is 10.5. The van der Waals surface area contributed by atoms with Crippen LogP contribution in [0.25, 0.3) is 10.8 Å². The predicted molar refractivity (Wildman–Crippen MR) is 119 cm³/mol. The second-order valence-electron chi connectivity index (χ2n) is 8.03. The standard InChI is InChI=1S/C27H23NO2/c1-29-21-13-10-20(11-14-21)26-25-22-8-4-2-6-18(22)12-15-24(25)30-27-23-9-5-3-7-19(23)16-17-28(26)27/h2-15,26-27H,16-17H2,1H3. The summed E-state index contributed by atoms with van der Waals surface area (Å²) in [5.41, 5.74) is 5.19. The maximum Gasteiger partial charge on any atom is 0.180 e. The van der Waals surface area contributed by atoms with Crippen molar-refractivity contribution in [2.24, 2.45) is 0 Å². The fourth-order valence-electron chi connectivity index (χ4n) is 5.03. The molecule has 0 saturated carbocycles. The van der Waals surface area contributed by atoms with E-state index in [1.165, 1.54) is 33.0 Å². The smallest absolute Gasteiger partial charge is 0.180 e. The zero-order valence-electron chi connectivity index (χ0n) is 16.9. The Bertz CT molecular complexity index is 1230. The first kappa shape index (κ1) is 17.5. The van der Waals surface area contributed by atoms with Crippen LogP contribution in [0.4, 0.5) is 0 Å². The molecule has 0 aliphatic carbocycles. The van der Waals surface area contributed by atoms with Gasteiger partial charge >= 0.3 is 0 Å². The summed E-state index contributed by atoms with van der Waals surface area (Å²) in [5, 5.41) is 2.50. The molecule has 0 spiro atoms. The Kier molecular flexibility index (Phi) is 4.03. The number of nitrogens with zero attached hydrogens (tertiary/aromatic N) is 1. The summed E-state index contributed by atoms with van der Waals surface area (Å²) in [6.45, 7) is 0.959. The predicted octanol–water partition coefficient (Wildman–Crippen LogP) is 5.89. The van der Waals surface area contributed by atoms with Gasteiger partial charge in [-0.15, -0.1) is 0 Å². The number of benzene rings is 4. The average molecular weight is 393 g/mol. The normalized spacial score (nSPS) is 20.0. The zero-order chi connectivity index (χ0) is 20.1. The van der Waals surface area contributed by atoms with Gasteiger partial charge in [0, 0.05) is 17.7 Å². The first-order chi connectivity index (χ1) is 14.8. The highest BCUT2D eigenvalue weighted by atomic mass is 16.5. The largest absolute Gasteiger partial charge is 0.497 e. The molecule has 0 fully saturated rings. The molecule has 2 heterocycles. The Hall–Kier alpha value is -3.30. The Morgan fingerprint density at radius 2 is 1.67 bits per heavy atom. The quantitative estimate of drug-likeness (QED) is 0.424. The van der Waals surface area contributed by atoms with Crippen LogP contribution in [0.2, 0.25) is 0 Å². The van der Waals surface area contributed by atoms with Crippen LogP contribution in [-0.2, 0) is 6.42 Å². The minimum Gasteiger partial charge on any atom is -0.497 e.